The molecule has 0 aliphatic heterocycles. The van der Waals surface area contributed by atoms with Crippen LogP contribution in [0.3, 0.4) is 0 Å². The number of rotatable bonds is 3. The van der Waals surface area contributed by atoms with Gasteiger partial charge in [0.15, 0.2) is 0 Å². The first-order chi connectivity index (χ1) is 10.1. The third kappa shape index (κ3) is 2.68. The fourth-order valence-corrected chi connectivity index (χ4v) is 3.20. The molecule has 1 aliphatic carbocycles. The van der Waals surface area contributed by atoms with E-state index < -0.39 is 11.4 Å². The SMILES string of the molecule is O=C(O)C1(Cc2ccc(F)cc2)CCc2ccccc2C1. The van der Waals surface area contributed by atoms with Gasteiger partial charge in [-0.1, -0.05) is 36.4 Å². The number of aliphatic carboxylic acids is 1. The molecule has 0 spiro atoms. The van der Waals surface area contributed by atoms with E-state index in [1.54, 1.807) is 12.1 Å². The van der Waals surface area contributed by atoms with Crippen LogP contribution in [0.1, 0.15) is 23.1 Å². The molecule has 3 rings (SSSR count). The highest BCUT2D eigenvalue weighted by molar-refractivity contribution is 5.76. The molecule has 1 N–H and O–H groups in total. The predicted octanol–water partition coefficient (Wildman–Crippen LogP) is 3.63. The van der Waals surface area contributed by atoms with Gasteiger partial charge in [-0.3, -0.25) is 4.79 Å². The molecule has 0 amide bonds. The zero-order valence-electron chi connectivity index (χ0n) is 11.7. The summed E-state index contributed by atoms with van der Waals surface area (Å²) in [6, 6.07) is 14.2. The Morgan fingerprint density at radius 1 is 1.10 bits per heavy atom. The summed E-state index contributed by atoms with van der Waals surface area (Å²) in [5.41, 5.74) is 2.45. The topological polar surface area (TPSA) is 37.3 Å². The summed E-state index contributed by atoms with van der Waals surface area (Å²) in [5, 5.41) is 9.76. The van der Waals surface area contributed by atoms with Crippen molar-refractivity contribution < 1.29 is 14.3 Å². The second-order valence-corrected chi connectivity index (χ2v) is 5.83. The van der Waals surface area contributed by atoms with Gasteiger partial charge in [0.05, 0.1) is 5.41 Å². The maximum atomic E-state index is 13.0. The van der Waals surface area contributed by atoms with Gasteiger partial charge in [-0.05, 0) is 54.5 Å². The van der Waals surface area contributed by atoms with Crippen LogP contribution in [0.25, 0.3) is 0 Å². The number of fused-ring (bicyclic) bond motifs is 1. The summed E-state index contributed by atoms with van der Waals surface area (Å²) in [6.07, 6.45) is 2.38. The molecule has 108 valence electrons. The number of hydrogen-bond donors (Lipinski definition) is 1. The normalized spacial score (nSPS) is 20.8. The van der Waals surface area contributed by atoms with E-state index >= 15 is 0 Å². The maximum absolute atomic E-state index is 13.0. The number of carboxylic acid groups (broad SMARTS) is 1. The molecule has 2 nitrogen and oxygen atoms in total. The van der Waals surface area contributed by atoms with Crippen molar-refractivity contribution in [2.75, 3.05) is 0 Å². The van der Waals surface area contributed by atoms with Crippen LogP contribution in [0.2, 0.25) is 0 Å². The van der Waals surface area contributed by atoms with Crippen LogP contribution in [-0.2, 0) is 24.1 Å². The number of carbonyl (C=O) groups is 1. The lowest BCUT2D eigenvalue weighted by Crippen LogP contribution is -2.39. The summed E-state index contributed by atoms with van der Waals surface area (Å²) < 4.78 is 13.0. The lowest BCUT2D eigenvalue weighted by Gasteiger charge is -2.34. The minimum Gasteiger partial charge on any atom is -0.481 e. The third-order valence-electron chi connectivity index (χ3n) is 4.43. The molecular formula is C18H17FO2. The molecule has 0 fully saturated rings. The van der Waals surface area contributed by atoms with E-state index in [-0.39, 0.29) is 5.82 Å². The second kappa shape index (κ2) is 5.32. The molecule has 0 aromatic heterocycles. The number of carboxylic acids is 1. The van der Waals surface area contributed by atoms with Crippen LogP contribution in [0.15, 0.2) is 48.5 Å². The molecule has 0 saturated carbocycles. The van der Waals surface area contributed by atoms with Crippen LogP contribution in [0.5, 0.6) is 0 Å². The molecule has 0 radical (unpaired) electrons. The van der Waals surface area contributed by atoms with Gasteiger partial charge in [0, 0.05) is 0 Å². The lowest BCUT2D eigenvalue weighted by molar-refractivity contribution is -0.149. The number of halogens is 1. The van der Waals surface area contributed by atoms with E-state index in [0.29, 0.717) is 19.3 Å². The molecule has 0 heterocycles. The van der Waals surface area contributed by atoms with E-state index in [1.165, 1.54) is 17.7 Å². The molecule has 1 aliphatic rings. The predicted molar refractivity (Wildman–Crippen MR) is 78.6 cm³/mol. The summed E-state index contributed by atoms with van der Waals surface area (Å²) in [6.45, 7) is 0. The van der Waals surface area contributed by atoms with Gasteiger partial charge in [0.1, 0.15) is 5.82 Å². The Morgan fingerprint density at radius 2 is 1.76 bits per heavy atom. The lowest BCUT2D eigenvalue weighted by atomic mass is 9.68. The Hall–Kier alpha value is -2.16. The van der Waals surface area contributed by atoms with E-state index in [1.807, 2.05) is 18.2 Å². The van der Waals surface area contributed by atoms with Crippen molar-refractivity contribution in [1.82, 2.24) is 0 Å². The molecule has 2 aromatic rings. The Morgan fingerprint density at radius 3 is 2.43 bits per heavy atom. The van der Waals surface area contributed by atoms with E-state index in [2.05, 4.69) is 6.07 Å². The zero-order valence-corrected chi connectivity index (χ0v) is 11.7. The first-order valence-corrected chi connectivity index (χ1v) is 7.14. The first-order valence-electron chi connectivity index (χ1n) is 7.14. The quantitative estimate of drug-likeness (QED) is 0.934. The highest BCUT2D eigenvalue weighted by Crippen LogP contribution is 2.38. The third-order valence-corrected chi connectivity index (χ3v) is 4.43. The average molecular weight is 284 g/mol. The molecular weight excluding hydrogens is 267 g/mol. The van der Waals surface area contributed by atoms with Crippen LogP contribution < -0.4 is 0 Å². The Labute approximate surface area is 123 Å². The Balaban J connectivity index is 1.91. The fraction of sp³-hybridized carbons (Fsp3) is 0.278. The zero-order chi connectivity index (χ0) is 14.9. The van der Waals surface area contributed by atoms with Crippen LogP contribution in [0.4, 0.5) is 4.39 Å². The highest BCUT2D eigenvalue weighted by atomic mass is 19.1. The van der Waals surface area contributed by atoms with Crippen molar-refractivity contribution in [3.63, 3.8) is 0 Å². The summed E-state index contributed by atoms with van der Waals surface area (Å²) in [5.74, 6) is -1.06. The molecule has 1 atom stereocenters. The van der Waals surface area contributed by atoms with Gasteiger partial charge in [-0.2, -0.15) is 0 Å². The van der Waals surface area contributed by atoms with Crippen LogP contribution in [-0.4, -0.2) is 11.1 Å². The van der Waals surface area contributed by atoms with Crippen molar-refractivity contribution in [1.29, 1.82) is 0 Å². The second-order valence-electron chi connectivity index (χ2n) is 5.83. The molecule has 0 saturated heterocycles. The van der Waals surface area contributed by atoms with Gasteiger partial charge >= 0.3 is 5.97 Å². The number of aryl methyl sites for hydroxylation is 1. The van der Waals surface area contributed by atoms with E-state index in [0.717, 1.165) is 17.5 Å². The van der Waals surface area contributed by atoms with Crippen molar-refractivity contribution in [3.05, 3.63) is 71.0 Å². The first kappa shape index (κ1) is 13.8. The average Bonchev–Trinajstić information content (AvgIpc) is 2.49. The van der Waals surface area contributed by atoms with E-state index in [9.17, 15) is 14.3 Å². The van der Waals surface area contributed by atoms with E-state index in [4.69, 9.17) is 0 Å². The molecule has 2 aromatic carbocycles. The maximum Gasteiger partial charge on any atom is 0.310 e. The molecule has 3 heteroatoms. The van der Waals surface area contributed by atoms with Crippen molar-refractivity contribution in [2.24, 2.45) is 5.41 Å². The largest absolute Gasteiger partial charge is 0.481 e. The van der Waals surface area contributed by atoms with Crippen LogP contribution in [0, 0.1) is 11.2 Å². The van der Waals surface area contributed by atoms with Gasteiger partial charge in [-0.15, -0.1) is 0 Å². The van der Waals surface area contributed by atoms with Crippen molar-refractivity contribution >= 4 is 5.97 Å². The minimum atomic E-state index is -0.786. The summed E-state index contributed by atoms with van der Waals surface area (Å²) >= 11 is 0. The summed E-state index contributed by atoms with van der Waals surface area (Å²) in [7, 11) is 0. The number of hydrogen-bond acceptors (Lipinski definition) is 1. The van der Waals surface area contributed by atoms with Crippen LogP contribution >= 0.6 is 0 Å². The molecule has 21 heavy (non-hydrogen) atoms. The molecule has 1 unspecified atom stereocenters. The Kier molecular flexibility index (Phi) is 3.50. The summed E-state index contributed by atoms with van der Waals surface area (Å²) in [4.78, 5) is 11.9. The van der Waals surface area contributed by atoms with Crippen molar-refractivity contribution in [2.45, 2.75) is 25.7 Å². The molecule has 0 bridgehead atoms. The van der Waals surface area contributed by atoms with Gasteiger partial charge < -0.3 is 5.11 Å². The monoisotopic (exact) mass is 284 g/mol. The van der Waals surface area contributed by atoms with Gasteiger partial charge in [0.25, 0.3) is 0 Å². The highest BCUT2D eigenvalue weighted by Gasteiger charge is 2.41. The van der Waals surface area contributed by atoms with Crippen molar-refractivity contribution in [3.8, 4) is 0 Å². The van der Waals surface area contributed by atoms with Gasteiger partial charge in [0.2, 0.25) is 0 Å². The van der Waals surface area contributed by atoms with Gasteiger partial charge in [-0.25, -0.2) is 4.39 Å². The Bertz CT molecular complexity index is 663. The number of benzene rings is 2. The smallest absolute Gasteiger partial charge is 0.310 e. The minimum absolute atomic E-state index is 0.294. The standard InChI is InChI=1S/C18H17FO2/c19-16-7-5-13(6-8-16)11-18(17(20)21)10-9-14-3-1-2-4-15(14)12-18/h1-8H,9-12H2,(H,20,21). The fourth-order valence-electron chi connectivity index (χ4n) is 3.20.